The van der Waals surface area contributed by atoms with Crippen LogP contribution in [-0.2, 0) is 7.05 Å². The highest BCUT2D eigenvalue weighted by Crippen LogP contribution is 2.28. The fraction of sp³-hybridized carbons (Fsp3) is 0.0769. The fourth-order valence-corrected chi connectivity index (χ4v) is 2.53. The third kappa shape index (κ3) is 2.16. The molecule has 0 radical (unpaired) electrons. The molecule has 0 aliphatic rings. The lowest BCUT2D eigenvalue weighted by molar-refractivity contribution is 0.684. The van der Waals surface area contributed by atoms with E-state index in [9.17, 15) is 5.26 Å². The maximum Gasteiger partial charge on any atom is 0.192 e. The molecular formula is C13H9N5S. The van der Waals surface area contributed by atoms with Crippen molar-refractivity contribution in [3.8, 4) is 6.07 Å². The second-order valence-corrected chi connectivity index (χ2v) is 4.87. The summed E-state index contributed by atoms with van der Waals surface area (Å²) in [7, 11) is 1.81. The van der Waals surface area contributed by atoms with Gasteiger partial charge in [-0.3, -0.25) is 0 Å². The van der Waals surface area contributed by atoms with Crippen molar-refractivity contribution in [3.05, 3.63) is 42.2 Å². The Kier molecular flexibility index (Phi) is 2.89. The van der Waals surface area contributed by atoms with Crippen LogP contribution in [0.4, 0.5) is 0 Å². The van der Waals surface area contributed by atoms with E-state index in [1.54, 1.807) is 4.68 Å². The topological polar surface area (TPSA) is 67.4 Å². The zero-order valence-corrected chi connectivity index (χ0v) is 10.9. The second-order valence-electron chi connectivity index (χ2n) is 3.91. The number of hydrogen-bond donors (Lipinski definition) is 0. The molecule has 0 aliphatic heterocycles. The first-order valence-corrected chi connectivity index (χ1v) is 6.41. The molecule has 0 saturated carbocycles. The average Bonchev–Trinajstić information content (AvgIpc) is 2.83. The lowest BCUT2D eigenvalue weighted by Gasteiger charge is -2.04. The van der Waals surface area contributed by atoms with Crippen molar-refractivity contribution in [2.45, 2.75) is 10.2 Å². The van der Waals surface area contributed by atoms with Crippen molar-refractivity contribution in [2.75, 3.05) is 0 Å². The average molecular weight is 267 g/mol. The van der Waals surface area contributed by atoms with Gasteiger partial charge in [-0.05, 0) is 23.9 Å². The summed E-state index contributed by atoms with van der Waals surface area (Å²) < 4.78 is 1.66. The summed E-state index contributed by atoms with van der Waals surface area (Å²) >= 11 is 1.34. The molecule has 0 fully saturated rings. The van der Waals surface area contributed by atoms with Crippen LogP contribution in [0.3, 0.4) is 0 Å². The van der Waals surface area contributed by atoms with E-state index in [1.165, 1.54) is 18.1 Å². The van der Waals surface area contributed by atoms with Crippen molar-refractivity contribution in [3.63, 3.8) is 0 Å². The summed E-state index contributed by atoms with van der Waals surface area (Å²) in [4.78, 5) is 8.65. The molecule has 0 spiro atoms. The van der Waals surface area contributed by atoms with Crippen LogP contribution >= 0.6 is 11.8 Å². The Hall–Kier alpha value is -2.39. The summed E-state index contributed by atoms with van der Waals surface area (Å²) in [6.45, 7) is 0. The number of aromatic nitrogens is 4. The van der Waals surface area contributed by atoms with Gasteiger partial charge in [0, 0.05) is 12.4 Å². The summed E-state index contributed by atoms with van der Waals surface area (Å²) in [5, 5.41) is 15.6. The summed E-state index contributed by atoms with van der Waals surface area (Å²) in [5.41, 5.74) is 1.41. The Labute approximate surface area is 113 Å². The molecule has 0 N–H and O–H groups in total. The number of nitrogens with zero attached hydrogens (tertiary/aromatic N) is 5. The molecule has 1 aromatic carbocycles. The zero-order valence-electron chi connectivity index (χ0n) is 10.1. The van der Waals surface area contributed by atoms with E-state index < -0.39 is 0 Å². The lowest BCUT2D eigenvalue weighted by atomic mass is 10.2. The highest BCUT2D eigenvalue weighted by atomic mass is 32.2. The molecular weight excluding hydrogens is 258 g/mol. The van der Waals surface area contributed by atoms with Crippen LogP contribution in [0, 0.1) is 11.3 Å². The SMILES string of the molecule is Cn1ncnc1Sc1nc2ccccc2cc1C#N. The summed E-state index contributed by atoms with van der Waals surface area (Å²) in [6, 6.07) is 11.8. The largest absolute Gasteiger partial charge is 0.244 e. The van der Waals surface area contributed by atoms with Crippen LogP contribution < -0.4 is 0 Å². The third-order valence-electron chi connectivity index (χ3n) is 2.67. The quantitative estimate of drug-likeness (QED) is 0.713. The smallest absolute Gasteiger partial charge is 0.192 e. The molecule has 2 heterocycles. The molecule has 19 heavy (non-hydrogen) atoms. The van der Waals surface area contributed by atoms with E-state index in [4.69, 9.17) is 0 Å². The molecule has 5 nitrogen and oxygen atoms in total. The number of pyridine rings is 1. The number of para-hydroxylation sites is 1. The Bertz CT molecular complexity index is 787. The second kappa shape index (κ2) is 4.71. The molecule has 3 aromatic rings. The van der Waals surface area contributed by atoms with Crippen LogP contribution in [0.1, 0.15) is 5.56 Å². The third-order valence-corrected chi connectivity index (χ3v) is 3.72. The molecule has 3 rings (SSSR count). The highest BCUT2D eigenvalue weighted by Gasteiger charge is 2.11. The number of fused-ring (bicyclic) bond motifs is 1. The molecule has 0 unspecified atom stereocenters. The van der Waals surface area contributed by atoms with Gasteiger partial charge in [-0.1, -0.05) is 18.2 Å². The molecule has 2 aromatic heterocycles. The monoisotopic (exact) mass is 267 g/mol. The van der Waals surface area contributed by atoms with Crippen molar-refractivity contribution in [1.82, 2.24) is 19.7 Å². The van der Waals surface area contributed by atoms with Crippen LogP contribution in [-0.4, -0.2) is 19.7 Å². The minimum Gasteiger partial charge on any atom is -0.244 e. The molecule has 0 aliphatic carbocycles. The van der Waals surface area contributed by atoms with E-state index >= 15 is 0 Å². The van der Waals surface area contributed by atoms with Crippen molar-refractivity contribution in [2.24, 2.45) is 7.05 Å². The van der Waals surface area contributed by atoms with Gasteiger partial charge in [-0.25, -0.2) is 14.6 Å². The predicted molar refractivity (Wildman–Crippen MR) is 71.6 cm³/mol. The van der Waals surface area contributed by atoms with Gasteiger partial charge in [-0.15, -0.1) is 0 Å². The van der Waals surface area contributed by atoms with Gasteiger partial charge in [0.2, 0.25) is 0 Å². The Balaban J connectivity index is 2.12. The minimum atomic E-state index is 0.548. The summed E-state index contributed by atoms with van der Waals surface area (Å²) in [6.07, 6.45) is 1.48. The van der Waals surface area contributed by atoms with Crippen LogP contribution in [0.2, 0.25) is 0 Å². The standard InChI is InChI=1S/C13H9N5S/c1-18-13(15-8-16-18)19-12-10(7-14)6-9-4-2-3-5-11(9)17-12/h2-6,8H,1H3. The molecule has 0 amide bonds. The Morgan fingerprint density at radius 3 is 2.89 bits per heavy atom. The minimum absolute atomic E-state index is 0.548. The number of benzene rings is 1. The highest BCUT2D eigenvalue weighted by molar-refractivity contribution is 7.99. The van der Waals surface area contributed by atoms with Crippen LogP contribution in [0.5, 0.6) is 0 Å². The van der Waals surface area contributed by atoms with E-state index in [1.807, 2.05) is 37.4 Å². The van der Waals surface area contributed by atoms with Gasteiger partial charge < -0.3 is 0 Å². The summed E-state index contributed by atoms with van der Waals surface area (Å²) in [5.74, 6) is 0. The number of hydrogen-bond acceptors (Lipinski definition) is 5. The number of aryl methyl sites for hydroxylation is 1. The van der Waals surface area contributed by atoms with Gasteiger partial charge in [0.25, 0.3) is 0 Å². The van der Waals surface area contributed by atoms with E-state index in [0.717, 1.165) is 10.9 Å². The van der Waals surface area contributed by atoms with Crippen molar-refractivity contribution < 1.29 is 0 Å². The van der Waals surface area contributed by atoms with Gasteiger partial charge in [0.15, 0.2) is 5.16 Å². The Morgan fingerprint density at radius 2 is 2.16 bits per heavy atom. The molecule has 0 atom stereocenters. The van der Waals surface area contributed by atoms with Crippen LogP contribution in [0.25, 0.3) is 10.9 Å². The van der Waals surface area contributed by atoms with Crippen molar-refractivity contribution >= 4 is 22.7 Å². The predicted octanol–water partition coefficient (Wildman–Crippen LogP) is 2.39. The Morgan fingerprint density at radius 1 is 1.32 bits per heavy atom. The van der Waals surface area contributed by atoms with E-state index in [2.05, 4.69) is 21.1 Å². The van der Waals surface area contributed by atoms with Gasteiger partial charge in [0.05, 0.1) is 11.1 Å². The fourth-order valence-electron chi connectivity index (χ4n) is 1.72. The number of nitriles is 1. The maximum atomic E-state index is 9.23. The van der Waals surface area contributed by atoms with Gasteiger partial charge in [0.1, 0.15) is 17.4 Å². The van der Waals surface area contributed by atoms with Gasteiger partial charge in [-0.2, -0.15) is 10.4 Å². The molecule has 0 bridgehead atoms. The first-order chi connectivity index (χ1) is 9.28. The first kappa shape index (κ1) is 11.7. The number of rotatable bonds is 2. The van der Waals surface area contributed by atoms with Gasteiger partial charge >= 0.3 is 0 Å². The first-order valence-electron chi connectivity index (χ1n) is 5.59. The molecule has 0 saturated heterocycles. The van der Waals surface area contributed by atoms with Crippen molar-refractivity contribution in [1.29, 1.82) is 5.26 Å². The normalized spacial score (nSPS) is 10.5. The van der Waals surface area contributed by atoms with E-state index in [0.29, 0.717) is 15.7 Å². The lowest BCUT2D eigenvalue weighted by Crippen LogP contribution is -1.95. The zero-order chi connectivity index (χ0) is 13.2. The molecule has 6 heteroatoms. The molecule has 92 valence electrons. The van der Waals surface area contributed by atoms with E-state index in [-0.39, 0.29) is 0 Å². The van der Waals surface area contributed by atoms with Crippen LogP contribution in [0.15, 0.2) is 46.8 Å². The maximum absolute atomic E-state index is 9.23.